The SMILES string of the molecule is Cc1ccc(C(=O)NC(=NC[C@@H]2CCCO2)Nc2cc(Cl)ccc2C)cc1C. The molecule has 2 aromatic rings. The summed E-state index contributed by atoms with van der Waals surface area (Å²) in [4.78, 5) is 17.4. The highest BCUT2D eigenvalue weighted by molar-refractivity contribution is 6.31. The van der Waals surface area contributed by atoms with Crippen LogP contribution in [0.25, 0.3) is 0 Å². The summed E-state index contributed by atoms with van der Waals surface area (Å²) < 4.78 is 5.65. The minimum absolute atomic E-state index is 0.0933. The number of guanidine groups is 1. The van der Waals surface area contributed by atoms with E-state index < -0.39 is 0 Å². The number of carbonyl (C=O) groups is 1. The van der Waals surface area contributed by atoms with E-state index in [1.165, 1.54) is 0 Å². The summed E-state index contributed by atoms with van der Waals surface area (Å²) in [6.07, 6.45) is 2.12. The lowest BCUT2D eigenvalue weighted by Crippen LogP contribution is -2.37. The number of rotatable bonds is 4. The van der Waals surface area contributed by atoms with Crippen LogP contribution in [0.1, 0.15) is 39.9 Å². The van der Waals surface area contributed by atoms with E-state index in [-0.39, 0.29) is 12.0 Å². The Morgan fingerprint density at radius 2 is 1.93 bits per heavy atom. The maximum absolute atomic E-state index is 12.8. The van der Waals surface area contributed by atoms with Crippen molar-refractivity contribution in [3.63, 3.8) is 0 Å². The highest BCUT2D eigenvalue weighted by Gasteiger charge is 2.16. The number of carbonyl (C=O) groups excluding carboxylic acids is 1. The van der Waals surface area contributed by atoms with E-state index in [1.807, 2.05) is 57.2 Å². The fraction of sp³-hybridized carbons (Fsp3) is 0.364. The third kappa shape index (κ3) is 5.33. The number of aryl methyl sites for hydroxylation is 3. The van der Waals surface area contributed by atoms with Gasteiger partial charge >= 0.3 is 0 Å². The number of nitrogens with zero attached hydrogens (tertiary/aromatic N) is 1. The summed E-state index contributed by atoms with van der Waals surface area (Å²) in [6.45, 7) is 7.25. The summed E-state index contributed by atoms with van der Waals surface area (Å²) in [5.74, 6) is 0.186. The average Bonchev–Trinajstić information content (AvgIpc) is 3.18. The number of anilines is 1. The van der Waals surface area contributed by atoms with Gasteiger partial charge in [0, 0.05) is 22.9 Å². The van der Waals surface area contributed by atoms with Crippen molar-refractivity contribution in [2.75, 3.05) is 18.5 Å². The number of hydrogen-bond acceptors (Lipinski definition) is 3. The molecule has 0 bridgehead atoms. The van der Waals surface area contributed by atoms with Gasteiger partial charge in [0.2, 0.25) is 5.96 Å². The standard InChI is InChI=1S/C22H26ClN3O2/c1-14-6-8-17(11-16(14)3)21(27)26-22(24-13-19-5-4-10-28-19)25-20-12-18(23)9-7-15(20)2/h6-9,11-12,19H,4-5,10,13H2,1-3H3,(H2,24,25,26,27)/t19-/m0/s1. The molecule has 1 fully saturated rings. The first-order chi connectivity index (χ1) is 13.4. The molecule has 0 aromatic heterocycles. The second-order valence-electron chi connectivity index (χ2n) is 7.16. The Hall–Kier alpha value is -2.37. The Balaban J connectivity index is 1.80. The van der Waals surface area contributed by atoms with Crippen molar-refractivity contribution < 1.29 is 9.53 Å². The monoisotopic (exact) mass is 399 g/mol. The van der Waals surface area contributed by atoms with Crippen LogP contribution in [0.4, 0.5) is 5.69 Å². The lowest BCUT2D eigenvalue weighted by atomic mass is 10.1. The van der Waals surface area contributed by atoms with Crippen LogP contribution in [-0.4, -0.2) is 31.1 Å². The maximum atomic E-state index is 12.8. The molecule has 5 nitrogen and oxygen atoms in total. The molecule has 0 aliphatic carbocycles. The van der Waals surface area contributed by atoms with E-state index >= 15 is 0 Å². The van der Waals surface area contributed by atoms with E-state index in [1.54, 1.807) is 0 Å². The van der Waals surface area contributed by atoms with Crippen molar-refractivity contribution >= 4 is 29.2 Å². The molecule has 0 spiro atoms. The Kier molecular flexibility index (Phi) is 6.70. The van der Waals surface area contributed by atoms with Crippen LogP contribution in [0.5, 0.6) is 0 Å². The number of benzene rings is 2. The molecule has 28 heavy (non-hydrogen) atoms. The Bertz CT molecular complexity index is 889. The average molecular weight is 400 g/mol. The Labute approximate surface area is 171 Å². The zero-order chi connectivity index (χ0) is 20.1. The second kappa shape index (κ2) is 9.22. The molecule has 1 aliphatic heterocycles. The van der Waals surface area contributed by atoms with Crippen molar-refractivity contribution in [1.29, 1.82) is 0 Å². The van der Waals surface area contributed by atoms with Gasteiger partial charge in [-0.15, -0.1) is 0 Å². The van der Waals surface area contributed by atoms with Crippen LogP contribution in [0.3, 0.4) is 0 Å². The van der Waals surface area contributed by atoms with Gasteiger partial charge in [-0.1, -0.05) is 23.7 Å². The molecule has 1 amide bonds. The zero-order valence-corrected chi connectivity index (χ0v) is 17.3. The van der Waals surface area contributed by atoms with Crippen LogP contribution in [0, 0.1) is 20.8 Å². The third-order valence-electron chi connectivity index (χ3n) is 4.93. The van der Waals surface area contributed by atoms with Crippen molar-refractivity contribution in [3.05, 3.63) is 63.7 Å². The molecule has 1 heterocycles. The highest BCUT2D eigenvalue weighted by Crippen LogP contribution is 2.20. The normalized spacial score (nSPS) is 16.9. The van der Waals surface area contributed by atoms with Gasteiger partial charge in [-0.2, -0.15) is 0 Å². The number of nitrogens with one attached hydrogen (secondary N) is 2. The molecule has 0 unspecified atom stereocenters. The topological polar surface area (TPSA) is 62.7 Å². The predicted molar refractivity (Wildman–Crippen MR) is 114 cm³/mol. The zero-order valence-electron chi connectivity index (χ0n) is 16.5. The van der Waals surface area contributed by atoms with Crippen molar-refractivity contribution in [2.45, 2.75) is 39.7 Å². The van der Waals surface area contributed by atoms with E-state index in [4.69, 9.17) is 16.3 Å². The quantitative estimate of drug-likeness (QED) is 0.581. The van der Waals surface area contributed by atoms with Gasteiger partial charge in [-0.3, -0.25) is 10.1 Å². The number of amides is 1. The molecule has 3 rings (SSSR count). The van der Waals surface area contributed by atoms with Crippen LogP contribution < -0.4 is 10.6 Å². The van der Waals surface area contributed by atoms with Gasteiger partial charge in [0.25, 0.3) is 5.91 Å². The van der Waals surface area contributed by atoms with Gasteiger partial charge in [0.1, 0.15) is 0 Å². The molecule has 2 N–H and O–H groups in total. The molecular formula is C22H26ClN3O2. The van der Waals surface area contributed by atoms with E-state index in [2.05, 4.69) is 15.6 Å². The summed E-state index contributed by atoms with van der Waals surface area (Å²) in [5.41, 5.74) is 4.63. The van der Waals surface area contributed by atoms with E-state index in [9.17, 15) is 4.79 Å². The summed E-state index contributed by atoms with van der Waals surface area (Å²) >= 11 is 6.13. The molecule has 1 aliphatic rings. The first kappa shape index (κ1) is 20.4. The van der Waals surface area contributed by atoms with Crippen LogP contribution in [0.15, 0.2) is 41.4 Å². The molecule has 1 atom stereocenters. The largest absolute Gasteiger partial charge is 0.376 e. The van der Waals surface area contributed by atoms with Crippen LogP contribution in [0.2, 0.25) is 5.02 Å². The number of hydrogen-bond donors (Lipinski definition) is 2. The van der Waals surface area contributed by atoms with Crippen molar-refractivity contribution in [3.8, 4) is 0 Å². The molecule has 0 saturated carbocycles. The van der Waals surface area contributed by atoms with Crippen molar-refractivity contribution in [1.82, 2.24) is 5.32 Å². The van der Waals surface area contributed by atoms with E-state index in [0.29, 0.717) is 23.1 Å². The Morgan fingerprint density at radius 1 is 1.14 bits per heavy atom. The fourth-order valence-corrected chi connectivity index (χ4v) is 3.18. The minimum Gasteiger partial charge on any atom is -0.376 e. The molecule has 148 valence electrons. The fourth-order valence-electron chi connectivity index (χ4n) is 3.01. The van der Waals surface area contributed by atoms with Gasteiger partial charge in [0.15, 0.2) is 0 Å². The summed E-state index contributed by atoms with van der Waals surface area (Å²) in [6, 6.07) is 11.2. The first-order valence-corrected chi connectivity index (χ1v) is 9.88. The lowest BCUT2D eigenvalue weighted by Gasteiger charge is -2.15. The highest BCUT2D eigenvalue weighted by atomic mass is 35.5. The summed E-state index contributed by atoms with van der Waals surface area (Å²) in [7, 11) is 0. The predicted octanol–water partition coefficient (Wildman–Crippen LogP) is 4.64. The lowest BCUT2D eigenvalue weighted by molar-refractivity contribution is 0.0975. The Morgan fingerprint density at radius 3 is 2.64 bits per heavy atom. The summed E-state index contributed by atoms with van der Waals surface area (Å²) in [5, 5.41) is 6.73. The molecule has 0 radical (unpaired) electrons. The number of ether oxygens (including phenoxy) is 1. The number of aliphatic imine (C=N–C) groups is 1. The number of halogens is 1. The van der Waals surface area contributed by atoms with Gasteiger partial charge in [-0.05, 0) is 74.6 Å². The molecule has 1 saturated heterocycles. The van der Waals surface area contributed by atoms with Gasteiger partial charge < -0.3 is 10.1 Å². The smallest absolute Gasteiger partial charge is 0.257 e. The van der Waals surface area contributed by atoms with Crippen LogP contribution >= 0.6 is 11.6 Å². The maximum Gasteiger partial charge on any atom is 0.257 e. The van der Waals surface area contributed by atoms with E-state index in [0.717, 1.165) is 41.8 Å². The van der Waals surface area contributed by atoms with Crippen LogP contribution in [-0.2, 0) is 4.74 Å². The minimum atomic E-state index is -0.207. The van der Waals surface area contributed by atoms with Gasteiger partial charge in [0.05, 0.1) is 12.6 Å². The second-order valence-corrected chi connectivity index (χ2v) is 7.60. The van der Waals surface area contributed by atoms with Crippen molar-refractivity contribution in [2.24, 2.45) is 4.99 Å². The molecular weight excluding hydrogens is 374 g/mol. The molecule has 6 heteroatoms. The third-order valence-corrected chi connectivity index (χ3v) is 5.17. The van der Waals surface area contributed by atoms with Gasteiger partial charge in [-0.25, -0.2) is 4.99 Å². The first-order valence-electron chi connectivity index (χ1n) is 9.50. The molecule has 2 aromatic carbocycles.